The Morgan fingerprint density at radius 1 is 1.06 bits per heavy atom. The van der Waals surface area contributed by atoms with E-state index in [0.717, 1.165) is 13.1 Å². The van der Waals surface area contributed by atoms with Gasteiger partial charge in [0.05, 0.1) is 6.04 Å². The minimum atomic E-state index is -1.79. The van der Waals surface area contributed by atoms with Crippen LogP contribution >= 0.6 is 0 Å². The van der Waals surface area contributed by atoms with Gasteiger partial charge in [0.2, 0.25) is 5.79 Å². The van der Waals surface area contributed by atoms with E-state index in [1.54, 1.807) is 12.1 Å². The molecule has 2 N–H and O–H groups in total. The molecule has 1 aromatic rings. The van der Waals surface area contributed by atoms with E-state index in [4.69, 9.17) is 0 Å². The second kappa shape index (κ2) is 6.15. The van der Waals surface area contributed by atoms with Gasteiger partial charge in [0.15, 0.2) is 0 Å². The third kappa shape index (κ3) is 3.06. The van der Waals surface area contributed by atoms with Gasteiger partial charge in [0, 0.05) is 5.56 Å². The smallest absolute Gasteiger partial charge is 0.205 e. The SMILES string of the molecule is CCC(N(CC)CC)C(O)(O)c1ccccc1. The quantitative estimate of drug-likeness (QED) is 0.743. The molecule has 96 valence electrons. The summed E-state index contributed by atoms with van der Waals surface area (Å²) in [7, 11) is 0. The predicted molar refractivity (Wildman–Crippen MR) is 69.6 cm³/mol. The number of hydrogen-bond donors (Lipinski definition) is 2. The summed E-state index contributed by atoms with van der Waals surface area (Å²) in [6.45, 7) is 7.67. The van der Waals surface area contributed by atoms with Gasteiger partial charge in [-0.05, 0) is 19.5 Å². The summed E-state index contributed by atoms with van der Waals surface area (Å²) in [5.41, 5.74) is 0.554. The molecule has 0 fully saturated rings. The fraction of sp³-hybridized carbons (Fsp3) is 0.571. The summed E-state index contributed by atoms with van der Waals surface area (Å²) < 4.78 is 0. The largest absolute Gasteiger partial charge is 0.361 e. The molecular formula is C14H23NO2. The summed E-state index contributed by atoms with van der Waals surface area (Å²) in [6.07, 6.45) is 0.698. The van der Waals surface area contributed by atoms with Crippen LogP contribution in [0.25, 0.3) is 0 Å². The van der Waals surface area contributed by atoms with Crippen LogP contribution in [0.5, 0.6) is 0 Å². The van der Waals surface area contributed by atoms with Gasteiger partial charge < -0.3 is 10.2 Å². The monoisotopic (exact) mass is 237 g/mol. The second-order valence-electron chi connectivity index (χ2n) is 4.24. The van der Waals surface area contributed by atoms with Crippen molar-refractivity contribution in [1.29, 1.82) is 0 Å². The maximum absolute atomic E-state index is 10.4. The first kappa shape index (κ1) is 14.2. The highest BCUT2D eigenvalue weighted by molar-refractivity contribution is 5.21. The normalized spacial score (nSPS) is 14.0. The fourth-order valence-corrected chi connectivity index (χ4v) is 2.34. The second-order valence-corrected chi connectivity index (χ2v) is 4.24. The van der Waals surface area contributed by atoms with Crippen molar-refractivity contribution in [3.8, 4) is 0 Å². The third-order valence-corrected chi connectivity index (χ3v) is 3.30. The lowest BCUT2D eigenvalue weighted by Crippen LogP contribution is -2.50. The van der Waals surface area contributed by atoms with Gasteiger partial charge in [0.25, 0.3) is 0 Å². The van der Waals surface area contributed by atoms with Gasteiger partial charge in [-0.15, -0.1) is 0 Å². The number of benzene rings is 1. The summed E-state index contributed by atoms with van der Waals surface area (Å²) in [5.74, 6) is -1.79. The van der Waals surface area contributed by atoms with E-state index >= 15 is 0 Å². The van der Waals surface area contributed by atoms with E-state index in [9.17, 15) is 10.2 Å². The first-order chi connectivity index (χ1) is 8.07. The number of nitrogens with zero attached hydrogens (tertiary/aromatic N) is 1. The van der Waals surface area contributed by atoms with Crippen molar-refractivity contribution in [3.63, 3.8) is 0 Å². The molecule has 1 aromatic carbocycles. The fourth-order valence-electron chi connectivity index (χ4n) is 2.34. The topological polar surface area (TPSA) is 43.7 Å². The van der Waals surface area contributed by atoms with Crippen molar-refractivity contribution >= 4 is 0 Å². The van der Waals surface area contributed by atoms with Crippen LogP contribution in [-0.4, -0.2) is 34.2 Å². The first-order valence-electron chi connectivity index (χ1n) is 6.32. The molecule has 3 nitrogen and oxygen atoms in total. The molecule has 3 heteroatoms. The molecule has 0 aliphatic carbocycles. The van der Waals surface area contributed by atoms with Crippen molar-refractivity contribution in [1.82, 2.24) is 4.90 Å². The summed E-state index contributed by atoms with van der Waals surface area (Å²) in [4.78, 5) is 2.08. The van der Waals surface area contributed by atoms with Gasteiger partial charge in [-0.25, -0.2) is 0 Å². The highest BCUT2D eigenvalue weighted by Crippen LogP contribution is 2.27. The summed E-state index contributed by atoms with van der Waals surface area (Å²) >= 11 is 0. The molecule has 1 atom stereocenters. The molecule has 0 saturated heterocycles. The summed E-state index contributed by atoms with van der Waals surface area (Å²) in [5, 5.41) is 20.8. The zero-order valence-corrected chi connectivity index (χ0v) is 10.9. The van der Waals surface area contributed by atoms with E-state index in [-0.39, 0.29) is 6.04 Å². The number of rotatable bonds is 6. The van der Waals surface area contributed by atoms with Crippen molar-refractivity contribution in [2.75, 3.05) is 13.1 Å². The lowest BCUT2D eigenvalue weighted by molar-refractivity contribution is -0.216. The molecule has 0 heterocycles. The maximum Gasteiger partial charge on any atom is 0.205 e. The van der Waals surface area contributed by atoms with Gasteiger partial charge >= 0.3 is 0 Å². The number of hydrogen-bond acceptors (Lipinski definition) is 3. The van der Waals surface area contributed by atoms with E-state index in [1.165, 1.54) is 0 Å². The average Bonchev–Trinajstić information content (AvgIpc) is 2.36. The van der Waals surface area contributed by atoms with Crippen LogP contribution in [0.4, 0.5) is 0 Å². The molecule has 1 rings (SSSR count). The van der Waals surface area contributed by atoms with E-state index in [1.807, 2.05) is 39.0 Å². The molecule has 0 spiro atoms. The lowest BCUT2D eigenvalue weighted by Gasteiger charge is -2.38. The van der Waals surface area contributed by atoms with Crippen LogP contribution in [0.1, 0.15) is 32.8 Å². The molecule has 17 heavy (non-hydrogen) atoms. The maximum atomic E-state index is 10.4. The molecule has 0 amide bonds. The Hall–Kier alpha value is -0.900. The van der Waals surface area contributed by atoms with E-state index in [2.05, 4.69) is 4.90 Å². The van der Waals surface area contributed by atoms with Gasteiger partial charge in [0.1, 0.15) is 0 Å². The Morgan fingerprint density at radius 3 is 2.00 bits per heavy atom. The van der Waals surface area contributed by atoms with Crippen LogP contribution in [0.15, 0.2) is 30.3 Å². The molecule has 0 aromatic heterocycles. The van der Waals surface area contributed by atoms with Crippen LogP contribution < -0.4 is 0 Å². The predicted octanol–water partition coefficient (Wildman–Crippen LogP) is 1.94. The molecule has 0 aliphatic heterocycles. The molecule has 0 aliphatic rings. The van der Waals surface area contributed by atoms with Crippen LogP contribution in [0.2, 0.25) is 0 Å². The van der Waals surface area contributed by atoms with Crippen molar-refractivity contribution < 1.29 is 10.2 Å². The molecule has 0 saturated carbocycles. The molecule has 0 bridgehead atoms. The minimum absolute atomic E-state index is 0.278. The number of aliphatic hydroxyl groups is 2. The van der Waals surface area contributed by atoms with Gasteiger partial charge in [-0.3, -0.25) is 4.90 Å². The Labute approximate surface area is 104 Å². The highest BCUT2D eigenvalue weighted by Gasteiger charge is 2.37. The van der Waals surface area contributed by atoms with E-state index < -0.39 is 5.79 Å². The zero-order chi connectivity index (χ0) is 12.9. The van der Waals surface area contributed by atoms with Crippen molar-refractivity contribution in [2.24, 2.45) is 0 Å². The van der Waals surface area contributed by atoms with Gasteiger partial charge in [-0.2, -0.15) is 0 Å². The average molecular weight is 237 g/mol. The van der Waals surface area contributed by atoms with Crippen molar-refractivity contribution in [2.45, 2.75) is 39.0 Å². The minimum Gasteiger partial charge on any atom is -0.361 e. The van der Waals surface area contributed by atoms with Crippen LogP contribution in [0, 0.1) is 0 Å². The third-order valence-electron chi connectivity index (χ3n) is 3.30. The van der Waals surface area contributed by atoms with E-state index in [0.29, 0.717) is 12.0 Å². The zero-order valence-electron chi connectivity index (χ0n) is 10.9. The van der Waals surface area contributed by atoms with Crippen LogP contribution in [0.3, 0.4) is 0 Å². The number of likely N-dealkylation sites (N-methyl/N-ethyl adjacent to an activating group) is 1. The Bertz CT molecular complexity index is 320. The van der Waals surface area contributed by atoms with Gasteiger partial charge in [-0.1, -0.05) is 51.1 Å². The Kier molecular flexibility index (Phi) is 5.12. The standard InChI is InChI=1S/C14H23NO2/c1-4-13(15(5-2)6-3)14(16,17)12-10-8-7-9-11-12/h7-11,13,16-17H,4-6H2,1-3H3. The molecule has 1 unspecified atom stereocenters. The Balaban J connectivity index is 3.01. The van der Waals surface area contributed by atoms with Crippen molar-refractivity contribution in [3.05, 3.63) is 35.9 Å². The Morgan fingerprint density at radius 2 is 1.59 bits per heavy atom. The highest BCUT2D eigenvalue weighted by atomic mass is 16.5. The first-order valence-corrected chi connectivity index (χ1v) is 6.32. The summed E-state index contributed by atoms with van der Waals surface area (Å²) in [6, 6.07) is 8.76. The molecular weight excluding hydrogens is 214 g/mol. The van der Waals surface area contributed by atoms with Crippen LogP contribution in [-0.2, 0) is 5.79 Å². The lowest BCUT2D eigenvalue weighted by atomic mass is 9.94. The molecule has 0 radical (unpaired) electrons.